The Morgan fingerprint density at radius 1 is 1.20 bits per heavy atom. The first kappa shape index (κ1) is 12.8. The van der Waals surface area contributed by atoms with Crippen LogP contribution in [0.5, 0.6) is 0 Å². The van der Waals surface area contributed by atoms with E-state index in [2.05, 4.69) is 15.2 Å². The highest BCUT2D eigenvalue weighted by atomic mass is 32.1. The normalized spacial score (nSPS) is 10.7. The van der Waals surface area contributed by atoms with E-state index in [0.29, 0.717) is 6.54 Å². The van der Waals surface area contributed by atoms with Gasteiger partial charge in [0.2, 0.25) is 5.13 Å². The molecule has 3 aromatic heterocycles. The van der Waals surface area contributed by atoms with Crippen LogP contribution in [0.2, 0.25) is 0 Å². The summed E-state index contributed by atoms with van der Waals surface area (Å²) in [5.74, 6) is 1.83. The highest BCUT2D eigenvalue weighted by molar-refractivity contribution is 7.18. The van der Waals surface area contributed by atoms with Crippen molar-refractivity contribution >= 4 is 16.5 Å². The van der Waals surface area contributed by atoms with Crippen LogP contribution in [0.15, 0.2) is 40.9 Å². The molecule has 0 aliphatic rings. The first-order valence-electron chi connectivity index (χ1n) is 6.24. The predicted octanol–water partition coefficient (Wildman–Crippen LogP) is 3.14. The van der Waals surface area contributed by atoms with E-state index in [4.69, 9.17) is 4.42 Å². The summed E-state index contributed by atoms with van der Waals surface area (Å²) < 4.78 is 5.57. The van der Waals surface area contributed by atoms with Gasteiger partial charge in [0.25, 0.3) is 0 Å². The number of aromatic nitrogens is 3. The molecule has 0 saturated heterocycles. The minimum atomic E-state index is 0.671. The molecule has 0 fully saturated rings. The van der Waals surface area contributed by atoms with Crippen molar-refractivity contribution in [3.63, 3.8) is 0 Å². The van der Waals surface area contributed by atoms with Crippen LogP contribution in [0.4, 0.5) is 5.13 Å². The summed E-state index contributed by atoms with van der Waals surface area (Å²) in [5, 5.41) is 10.1. The van der Waals surface area contributed by atoms with Crippen LogP contribution in [0.25, 0.3) is 10.7 Å². The number of aryl methyl sites for hydroxylation is 1. The van der Waals surface area contributed by atoms with Gasteiger partial charge in [-0.1, -0.05) is 17.4 Å². The van der Waals surface area contributed by atoms with Gasteiger partial charge in [0, 0.05) is 13.2 Å². The van der Waals surface area contributed by atoms with Crippen molar-refractivity contribution < 1.29 is 4.42 Å². The summed E-state index contributed by atoms with van der Waals surface area (Å²) in [6, 6.07) is 9.70. The third kappa shape index (κ3) is 2.70. The number of anilines is 1. The third-order valence-electron chi connectivity index (χ3n) is 2.81. The highest BCUT2D eigenvalue weighted by Crippen LogP contribution is 2.27. The SMILES string of the molecule is Cc1ccc(CN(C)c2nnc(-c3ccccn3)s2)o1. The molecule has 0 amide bonds. The van der Waals surface area contributed by atoms with E-state index in [0.717, 1.165) is 27.4 Å². The summed E-state index contributed by atoms with van der Waals surface area (Å²) in [7, 11) is 1.97. The van der Waals surface area contributed by atoms with Crippen molar-refractivity contribution in [3.8, 4) is 10.7 Å². The molecule has 0 aliphatic heterocycles. The van der Waals surface area contributed by atoms with Gasteiger partial charge < -0.3 is 9.32 Å². The Balaban J connectivity index is 1.76. The van der Waals surface area contributed by atoms with Crippen LogP contribution in [-0.2, 0) is 6.54 Å². The number of pyridine rings is 1. The van der Waals surface area contributed by atoms with Crippen molar-refractivity contribution in [1.82, 2.24) is 15.2 Å². The smallest absolute Gasteiger partial charge is 0.208 e. The lowest BCUT2D eigenvalue weighted by atomic mass is 10.4. The second-order valence-electron chi connectivity index (χ2n) is 4.47. The van der Waals surface area contributed by atoms with Crippen LogP contribution in [0.3, 0.4) is 0 Å². The van der Waals surface area contributed by atoms with Gasteiger partial charge in [-0.05, 0) is 31.2 Å². The van der Waals surface area contributed by atoms with E-state index in [9.17, 15) is 0 Å². The zero-order valence-electron chi connectivity index (χ0n) is 11.3. The molecule has 0 N–H and O–H groups in total. The van der Waals surface area contributed by atoms with Gasteiger partial charge in [-0.15, -0.1) is 10.2 Å². The van der Waals surface area contributed by atoms with Crippen LogP contribution >= 0.6 is 11.3 Å². The van der Waals surface area contributed by atoms with E-state index >= 15 is 0 Å². The molecule has 0 spiro atoms. The van der Waals surface area contributed by atoms with E-state index < -0.39 is 0 Å². The molecule has 5 nitrogen and oxygen atoms in total. The quantitative estimate of drug-likeness (QED) is 0.737. The zero-order valence-corrected chi connectivity index (χ0v) is 12.1. The Morgan fingerprint density at radius 2 is 2.10 bits per heavy atom. The molecule has 0 aliphatic carbocycles. The fourth-order valence-electron chi connectivity index (χ4n) is 1.83. The maximum atomic E-state index is 5.57. The molecular weight excluding hydrogens is 272 g/mol. The molecule has 0 bridgehead atoms. The van der Waals surface area contributed by atoms with Crippen molar-refractivity contribution in [1.29, 1.82) is 0 Å². The lowest BCUT2D eigenvalue weighted by molar-refractivity contribution is 0.481. The molecule has 0 atom stereocenters. The Hall–Kier alpha value is -2.21. The largest absolute Gasteiger partial charge is 0.464 e. The van der Waals surface area contributed by atoms with E-state index in [1.807, 2.05) is 49.2 Å². The number of nitrogens with zero attached hydrogens (tertiary/aromatic N) is 4. The molecule has 3 heterocycles. The Morgan fingerprint density at radius 3 is 2.80 bits per heavy atom. The van der Waals surface area contributed by atoms with Crippen molar-refractivity contribution in [3.05, 3.63) is 48.0 Å². The van der Waals surface area contributed by atoms with Crippen LogP contribution in [0.1, 0.15) is 11.5 Å². The molecule has 6 heteroatoms. The number of furan rings is 1. The molecular formula is C14H14N4OS. The fraction of sp³-hybridized carbons (Fsp3) is 0.214. The van der Waals surface area contributed by atoms with Crippen molar-refractivity contribution in [2.75, 3.05) is 11.9 Å². The second-order valence-corrected chi connectivity index (χ2v) is 5.43. The topological polar surface area (TPSA) is 55.1 Å². The zero-order chi connectivity index (χ0) is 13.9. The van der Waals surface area contributed by atoms with Gasteiger partial charge in [-0.25, -0.2) is 0 Å². The summed E-state index contributed by atoms with van der Waals surface area (Å²) in [4.78, 5) is 6.30. The van der Waals surface area contributed by atoms with Gasteiger partial charge in [0.1, 0.15) is 17.2 Å². The predicted molar refractivity (Wildman–Crippen MR) is 78.7 cm³/mol. The molecule has 20 heavy (non-hydrogen) atoms. The van der Waals surface area contributed by atoms with E-state index in [1.54, 1.807) is 6.20 Å². The summed E-state index contributed by atoms with van der Waals surface area (Å²) in [6.45, 7) is 2.61. The monoisotopic (exact) mass is 286 g/mol. The Kier molecular flexibility index (Phi) is 3.47. The van der Waals surface area contributed by atoms with Gasteiger partial charge in [0.05, 0.1) is 6.54 Å². The average molecular weight is 286 g/mol. The van der Waals surface area contributed by atoms with Gasteiger partial charge >= 0.3 is 0 Å². The minimum Gasteiger partial charge on any atom is -0.464 e. The fourth-order valence-corrected chi connectivity index (χ4v) is 2.62. The van der Waals surface area contributed by atoms with Crippen molar-refractivity contribution in [2.24, 2.45) is 0 Å². The van der Waals surface area contributed by atoms with E-state index in [-0.39, 0.29) is 0 Å². The Bertz CT molecular complexity index is 692. The molecule has 0 unspecified atom stereocenters. The highest BCUT2D eigenvalue weighted by Gasteiger charge is 2.12. The first-order valence-corrected chi connectivity index (χ1v) is 7.05. The summed E-state index contributed by atoms with van der Waals surface area (Å²) in [5.41, 5.74) is 0.846. The summed E-state index contributed by atoms with van der Waals surface area (Å²) >= 11 is 1.52. The molecule has 3 aromatic rings. The van der Waals surface area contributed by atoms with Gasteiger partial charge in [0.15, 0.2) is 5.01 Å². The Labute approximate surface area is 120 Å². The molecule has 0 radical (unpaired) electrons. The molecule has 0 saturated carbocycles. The van der Waals surface area contributed by atoms with Gasteiger partial charge in [-0.3, -0.25) is 4.98 Å². The van der Waals surface area contributed by atoms with Crippen molar-refractivity contribution in [2.45, 2.75) is 13.5 Å². The first-order chi connectivity index (χ1) is 9.72. The number of hydrogen-bond donors (Lipinski definition) is 0. The molecule has 3 rings (SSSR count). The van der Waals surface area contributed by atoms with Gasteiger partial charge in [-0.2, -0.15) is 0 Å². The lowest BCUT2D eigenvalue weighted by Gasteiger charge is -2.12. The van der Waals surface area contributed by atoms with Crippen LogP contribution in [-0.4, -0.2) is 22.2 Å². The average Bonchev–Trinajstić information content (AvgIpc) is 3.09. The molecule has 102 valence electrons. The van der Waals surface area contributed by atoms with E-state index in [1.165, 1.54) is 11.3 Å². The maximum Gasteiger partial charge on any atom is 0.208 e. The summed E-state index contributed by atoms with van der Waals surface area (Å²) in [6.07, 6.45) is 1.76. The van der Waals surface area contributed by atoms with Crippen LogP contribution in [0, 0.1) is 6.92 Å². The van der Waals surface area contributed by atoms with Crippen LogP contribution < -0.4 is 4.90 Å². The lowest BCUT2D eigenvalue weighted by Crippen LogP contribution is -2.15. The third-order valence-corrected chi connectivity index (χ3v) is 3.87. The maximum absolute atomic E-state index is 5.57. The minimum absolute atomic E-state index is 0.671. The number of hydrogen-bond acceptors (Lipinski definition) is 6. The molecule has 0 aromatic carbocycles. The standard InChI is InChI=1S/C14H14N4OS/c1-10-6-7-11(19-10)9-18(2)14-17-16-13(20-14)12-5-3-4-8-15-12/h3-8H,9H2,1-2H3. The number of rotatable bonds is 4. The second kappa shape index (κ2) is 5.42.